The number of methoxy groups -OCH3 is 1. The zero-order valence-electron chi connectivity index (χ0n) is 14.2. The van der Waals surface area contributed by atoms with Crippen LogP contribution in [0.4, 0.5) is 0 Å². The van der Waals surface area contributed by atoms with Crippen LogP contribution in [-0.2, 0) is 17.9 Å². The summed E-state index contributed by atoms with van der Waals surface area (Å²) in [7, 11) is 1.67. The molecule has 4 nitrogen and oxygen atoms in total. The van der Waals surface area contributed by atoms with Crippen molar-refractivity contribution in [2.45, 2.75) is 32.1 Å². The Morgan fingerprint density at radius 3 is 2.71 bits per heavy atom. The van der Waals surface area contributed by atoms with E-state index in [4.69, 9.17) is 14.2 Å². The molecular weight excluding hydrogens is 302 g/mol. The van der Waals surface area contributed by atoms with Gasteiger partial charge in [-0.25, -0.2) is 0 Å². The van der Waals surface area contributed by atoms with Gasteiger partial charge in [-0.2, -0.15) is 0 Å². The fourth-order valence-electron chi connectivity index (χ4n) is 2.86. The lowest BCUT2D eigenvalue weighted by Gasteiger charge is -2.14. The molecule has 128 valence electrons. The SMILES string of the molecule is COc1cc(CNCC2CCCO2)ccc1OCc1ccccc1. The smallest absolute Gasteiger partial charge is 0.161 e. The van der Waals surface area contributed by atoms with Crippen LogP contribution in [0.5, 0.6) is 11.5 Å². The first-order valence-corrected chi connectivity index (χ1v) is 8.51. The minimum absolute atomic E-state index is 0.361. The number of benzene rings is 2. The van der Waals surface area contributed by atoms with Crippen molar-refractivity contribution in [2.24, 2.45) is 0 Å². The standard InChI is InChI=1S/C20H25NO3/c1-22-20-12-17(13-21-14-18-8-5-11-23-18)9-10-19(20)24-15-16-6-3-2-4-7-16/h2-4,6-7,9-10,12,18,21H,5,8,11,13-15H2,1H3. The lowest BCUT2D eigenvalue weighted by atomic mass is 10.2. The fourth-order valence-corrected chi connectivity index (χ4v) is 2.86. The van der Waals surface area contributed by atoms with E-state index in [-0.39, 0.29) is 0 Å². The Kier molecular flexibility index (Phi) is 6.10. The molecule has 24 heavy (non-hydrogen) atoms. The third kappa shape index (κ3) is 4.73. The molecule has 1 unspecified atom stereocenters. The van der Waals surface area contributed by atoms with Crippen LogP contribution < -0.4 is 14.8 Å². The summed E-state index contributed by atoms with van der Waals surface area (Å²) in [5, 5.41) is 3.45. The number of rotatable bonds is 8. The molecule has 1 saturated heterocycles. The van der Waals surface area contributed by atoms with Crippen LogP contribution in [0.15, 0.2) is 48.5 Å². The Balaban J connectivity index is 1.53. The first-order chi connectivity index (χ1) is 11.8. The summed E-state index contributed by atoms with van der Waals surface area (Å²) in [6, 6.07) is 16.2. The van der Waals surface area contributed by atoms with E-state index < -0.39 is 0 Å². The highest BCUT2D eigenvalue weighted by atomic mass is 16.5. The van der Waals surface area contributed by atoms with E-state index in [0.29, 0.717) is 12.7 Å². The Bertz CT molecular complexity index is 624. The molecule has 0 radical (unpaired) electrons. The summed E-state index contributed by atoms with van der Waals surface area (Å²) in [6.45, 7) is 3.13. The number of nitrogens with one attached hydrogen (secondary N) is 1. The van der Waals surface area contributed by atoms with Crippen LogP contribution in [0.3, 0.4) is 0 Å². The molecular formula is C20H25NO3. The van der Waals surface area contributed by atoms with Crippen LogP contribution >= 0.6 is 0 Å². The second-order valence-corrected chi connectivity index (χ2v) is 6.03. The summed E-state index contributed by atoms with van der Waals surface area (Å²) < 4.78 is 17.0. The lowest BCUT2D eigenvalue weighted by Crippen LogP contribution is -2.25. The first kappa shape index (κ1) is 16.8. The first-order valence-electron chi connectivity index (χ1n) is 8.51. The molecule has 1 N–H and O–H groups in total. The van der Waals surface area contributed by atoms with Crippen LogP contribution in [-0.4, -0.2) is 26.4 Å². The summed E-state index contributed by atoms with van der Waals surface area (Å²) in [5.74, 6) is 1.53. The largest absolute Gasteiger partial charge is 0.493 e. The third-order valence-electron chi connectivity index (χ3n) is 4.19. The minimum Gasteiger partial charge on any atom is -0.493 e. The Hall–Kier alpha value is -2.04. The van der Waals surface area contributed by atoms with Gasteiger partial charge in [-0.3, -0.25) is 0 Å². The maximum absolute atomic E-state index is 5.89. The van der Waals surface area contributed by atoms with Gasteiger partial charge in [-0.05, 0) is 36.1 Å². The average molecular weight is 327 g/mol. The normalized spacial score (nSPS) is 17.0. The van der Waals surface area contributed by atoms with Gasteiger partial charge in [-0.15, -0.1) is 0 Å². The molecule has 0 saturated carbocycles. The van der Waals surface area contributed by atoms with Gasteiger partial charge >= 0.3 is 0 Å². The summed E-state index contributed by atoms with van der Waals surface area (Å²) in [6.07, 6.45) is 2.69. The van der Waals surface area contributed by atoms with Gasteiger partial charge in [0.15, 0.2) is 11.5 Å². The van der Waals surface area contributed by atoms with E-state index in [1.807, 2.05) is 30.3 Å². The van der Waals surface area contributed by atoms with E-state index in [2.05, 4.69) is 23.5 Å². The van der Waals surface area contributed by atoms with Gasteiger partial charge in [0.05, 0.1) is 13.2 Å². The van der Waals surface area contributed by atoms with Crippen molar-refractivity contribution >= 4 is 0 Å². The van der Waals surface area contributed by atoms with E-state index in [0.717, 1.165) is 43.2 Å². The summed E-state index contributed by atoms with van der Waals surface area (Å²) >= 11 is 0. The number of hydrogen-bond acceptors (Lipinski definition) is 4. The third-order valence-corrected chi connectivity index (χ3v) is 4.19. The van der Waals surface area contributed by atoms with Crippen molar-refractivity contribution in [3.63, 3.8) is 0 Å². The van der Waals surface area contributed by atoms with Crippen molar-refractivity contribution < 1.29 is 14.2 Å². The van der Waals surface area contributed by atoms with Crippen LogP contribution in [0.25, 0.3) is 0 Å². The topological polar surface area (TPSA) is 39.7 Å². The predicted molar refractivity (Wildman–Crippen MR) is 94.4 cm³/mol. The fraction of sp³-hybridized carbons (Fsp3) is 0.400. The molecule has 0 aliphatic carbocycles. The summed E-state index contributed by atoms with van der Waals surface area (Å²) in [4.78, 5) is 0. The molecule has 1 fully saturated rings. The monoisotopic (exact) mass is 327 g/mol. The average Bonchev–Trinajstić information content (AvgIpc) is 3.15. The Morgan fingerprint density at radius 1 is 1.08 bits per heavy atom. The van der Waals surface area contributed by atoms with Gasteiger partial charge in [-0.1, -0.05) is 36.4 Å². The Labute approximate surface area is 143 Å². The zero-order valence-corrected chi connectivity index (χ0v) is 14.2. The highest BCUT2D eigenvalue weighted by molar-refractivity contribution is 5.43. The molecule has 4 heteroatoms. The van der Waals surface area contributed by atoms with Crippen molar-refractivity contribution in [3.8, 4) is 11.5 Å². The van der Waals surface area contributed by atoms with E-state index in [1.165, 1.54) is 12.0 Å². The molecule has 3 rings (SSSR count). The number of hydrogen-bond donors (Lipinski definition) is 1. The molecule has 1 aliphatic rings. The molecule has 1 heterocycles. The van der Waals surface area contributed by atoms with Crippen molar-refractivity contribution in [3.05, 3.63) is 59.7 Å². The molecule has 0 bridgehead atoms. The highest BCUT2D eigenvalue weighted by Gasteiger charge is 2.14. The lowest BCUT2D eigenvalue weighted by molar-refractivity contribution is 0.110. The summed E-state index contributed by atoms with van der Waals surface area (Å²) in [5.41, 5.74) is 2.32. The van der Waals surface area contributed by atoms with E-state index in [1.54, 1.807) is 7.11 Å². The highest BCUT2D eigenvalue weighted by Crippen LogP contribution is 2.28. The van der Waals surface area contributed by atoms with Crippen molar-refractivity contribution in [2.75, 3.05) is 20.3 Å². The molecule has 1 atom stereocenters. The molecule has 1 aliphatic heterocycles. The van der Waals surface area contributed by atoms with Crippen LogP contribution in [0, 0.1) is 0 Å². The van der Waals surface area contributed by atoms with Gasteiger partial charge in [0.25, 0.3) is 0 Å². The molecule has 2 aromatic rings. The van der Waals surface area contributed by atoms with Crippen LogP contribution in [0.1, 0.15) is 24.0 Å². The van der Waals surface area contributed by atoms with Gasteiger partial charge in [0, 0.05) is 19.7 Å². The molecule has 0 amide bonds. The zero-order chi connectivity index (χ0) is 16.6. The Morgan fingerprint density at radius 2 is 1.96 bits per heavy atom. The van der Waals surface area contributed by atoms with Gasteiger partial charge in [0.2, 0.25) is 0 Å². The molecule has 0 aromatic heterocycles. The maximum atomic E-state index is 5.89. The van der Waals surface area contributed by atoms with Crippen molar-refractivity contribution in [1.82, 2.24) is 5.32 Å². The number of ether oxygens (including phenoxy) is 3. The van der Waals surface area contributed by atoms with Crippen molar-refractivity contribution in [1.29, 1.82) is 0 Å². The quantitative estimate of drug-likeness (QED) is 0.805. The second kappa shape index (κ2) is 8.71. The van der Waals surface area contributed by atoms with Gasteiger partial charge < -0.3 is 19.5 Å². The van der Waals surface area contributed by atoms with E-state index in [9.17, 15) is 0 Å². The molecule has 0 spiro atoms. The second-order valence-electron chi connectivity index (χ2n) is 6.03. The van der Waals surface area contributed by atoms with E-state index >= 15 is 0 Å². The molecule has 2 aromatic carbocycles. The minimum atomic E-state index is 0.361. The van der Waals surface area contributed by atoms with Gasteiger partial charge in [0.1, 0.15) is 6.61 Å². The predicted octanol–water partition coefficient (Wildman–Crippen LogP) is 3.54. The maximum Gasteiger partial charge on any atom is 0.161 e. The van der Waals surface area contributed by atoms with Crippen LogP contribution in [0.2, 0.25) is 0 Å².